The largest absolute Gasteiger partial charge is 0.393 e. The number of aliphatic hydroxyl groups excluding tert-OH is 1. The summed E-state index contributed by atoms with van der Waals surface area (Å²) in [4.78, 5) is 2.32. The van der Waals surface area contributed by atoms with E-state index < -0.39 is 0 Å². The lowest BCUT2D eigenvalue weighted by Gasteiger charge is -2.29. The summed E-state index contributed by atoms with van der Waals surface area (Å²) in [6, 6.07) is 6.55. The molecule has 1 atom stereocenters. The van der Waals surface area contributed by atoms with Crippen LogP contribution in [0.5, 0.6) is 0 Å². The number of aryl methyl sites for hydroxylation is 1. The fraction of sp³-hybridized carbons (Fsp3) is 0.647. The number of anilines is 1. The molecule has 0 bridgehead atoms. The lowest BCUT2D eigenvalue weighted by Crippen LogP contribution is -2.34. The third-order valence-corrected chi connectivity index (χ3v) is 4.74. The maximum absolute atomic E-state index is 9.49. The maximum atomic E-state index is 9.49. The molecule has 1 unspecified atom stereocenters. The van der Waals surface area contributed by atoms with Crippen LogP contribution in [0.1, 0.15) is 39.7 Å². The first-order valence-corrected chi connectivity index (χ1v) is 8.66. The van der Waals surface area contributed by atoms with E-state index >= 15 is 0 Å². The lowest BCUT2D eigenvalue weighted by atomic mass is 10.0. The average molecular weight is 405 g/mol. The molecule has 0 aliphatic rings. The minimum absolute atomic E-state index is 0.282. The second kappa shape index (κ2) is 8.34. The smallest absolute Gasteiger partial charge is 0.0651 e. The SMILES string of the molecule is CCN(CCOC(C)(C)CC(C)O)c1ccc(I)c(C)c1. The Balaban J connectivity index is 2.57. The Morgan fingerprint density at radius 2 is 2.05 bits per heavy atom. The maximum Gasteiger partial charge on any atom is 0.0651 e. The molecule has 0 amide bonds. The Morgan fingerprint density at radius 3 is 2.57 bits per heavy atom. The van der Waals surface area contributed by atoms with Gasteiger partial charge >= 0.3 is 0 Å². The summed E-state index contributed by atoms with van der Waals surface area (Å²) in [7, 11) is 0. The van der Waals surface area contributed by atoms with E-state index in [2.05, 4.69) is 59.5 Å². The van der Waals surface area contributed by atoms with Crippen LogP contribution in [0.4, 0.5) is 5.69 Å². The van der Waals surface area contributed by atoms with Crippen molar-refractivity contribution in [1.29, 1.82) is 0 Å². The molecular weight excluding hydrogens is 377 g/mol. The van der Waals surface area contributed by atoms with E-state index in [9.17, 15) is 5.11 Å². The van der Waals surface area contributed by atoms with E-state index in [1.165, 1.54) is 14.8 Å². The molecule has 0 radical (unpaired) electrons. The van der Waals surface area contributed by atoms with Gasteiger partial charge in [-0.2, -0.15) is 0 Å². The van der Waals surface area contributed by atoms with Crippen LogP contribution >= 0.6 is 22.6 Å². The van der Waals surface area contributed by atoms with Crippen LogP contribution in [0.15, 0.2) is 18.2 Å². The predicted octanol–water partition coefficient (Wildman–Crippen LogP) is 3.99. The van der Waals surface area contributed by atoms with Crippen molar-refractivity contribution in [3.63, 3.8) is 0 Å². The summed E-state index contributed by atoms with van der Waals surface area (Å²) in [6.07, 6.45) is 0.322. The van der Waals surface area contributed by atoms with Gasteiger partial charge in [-0.1, -0.05) is 0 Å². The summed E-state index contributed by atoms with van der Waals surface area (Å²) in [5.74, 6) is 0. The highest BCUT2D eigenvalue weighted by Crippen LogP contribution is 2.21. The molecule has 3 nitrogen and oxygen atoms in total. The molecule has 0 fully saturated rings. The van der Waals surface area contributed by atoms with Gasteiger partial charge in [-0.15, -0.1) is 0 Å². The van der Waals surface area contributed by atoms with Gasteiger partial charge in [0.2, 0.25) is 0 Å². The van der Waals surface area contributed by atoms with Crippen LogP contribution in [-0.4, -0.2) is 36.5 Å². The highest BCUT2D eigenvalue weighted by molar-refractivity contribution is 14.1. The molecule has 0 aliphatic carbocycles. The Hall–Kier alpha value is -0.330. The van der Waals surface area contributed by atoms with Gasteiger partial charge in [0.05, 0.1) is 18.3 Å². The number of rotatable bonds is 8. The van der Waals surface area contributed by atoms with Crippen molar-refractivity contribution < 1.29 is 9.84 Å². The molecule has 0 saturated heterocycles. The first kappa shape index (κ1) is 18.7. The summed E-state index contributed by atoms with van der Waals surface area (Å²) in [6.45, 7) is 12.7. The molecule has 0 saturated carbocycles. The zero-order chi connectivity index (χ0) is 16.0. The van der Waals surface area contributed by atoms with E-state index in [0.29, 0.717) is 13.0 Å². The van der Waals surface area contributed by atoms with E-state index in [4.69, 9.17) is 4.74 Å². The van der Waals surface area contributed by atoms with Crippen LogP contribution in [0, 0.1) is 10.5 Å². The number of halogens is 1. The van der Waals surface area contributed by atoms with E-state index in [-0.39, 0.29) is 11.7 Å². The molecule has 21 heavy (non-hydrogen) atoms. The van der Waals surface area contributed by atoms with E-state index in [1.54, 1.807) is 6.92 Å². The lowest BCUT2D eigenvalue weighted by molar-refractivity contribution is -0.0429. The monoisotopic (exact) mass is 405 g/mol. The molecule has 1 rings (SSSR count). The third kappa shape index (κ3) is 6.53. The van der Waals surface area contributed by atoms with Gasteiger partial charge in [0.1, 0.15) is 0 Å². The first-order valence-electron chi connectivity index (χ1n) is 7.58. The normalized spacial score (nSPS) is 13.3. The number of aliphatic hydroxyl groups is 1. The van der Waals surface area contributed by atoms with Gasteiger partial charge in [-0.25, -0.2) is 0 Å². The van der Waals surface area contributed by atoms with E-state index in [1.807, 2.05) is 13.8 Å². The standard InChI is InChI=1S/C17H28INO2/c1-6-19(15-7-8-16(18)13(2)11-15)9-10-21-17(4,5)12-14(3)20/h7-8,11,14,20H,6,9-10,12H2,1-5H3. The van der Waals surface area contributed by atoms with Gasteiger partial charge in [0.25, 0.3) is 0 Å². The minimum Gasteiger partial charge on any atom is -0.393 e. The second-order valence-electron chi connectivity index (χ2n) is 6.17. The van der Waals surface area contributed by atoms with Gasteiger partial charge in [-0.05, 0) is 81.0 Å². The van der Waals surface area contributed by atoms with E-state index in [0.717, 1.165) is 13.1 Å². The quantitative estimate of drug-likeness (QED) is 0.664. The molecular formula is C17H28INO2. The number of likely N-dealkylation sites (N-methyl/N-ethyl adjacent to an activating group) is 1. The number of nitrogens with zero attached hydrogens (tertiary/aromatic N) is 1. The van der Waals surface area contributed by atoms with Crippen molar-refractivity contribution in [3.8, 4) is 0 Å². The first-order chi connectivity index (χ1) is 9.75. The van der Waals surface area contributed by atoms with Crippen LogP contribution in [-0.2, 0) is 4.74 Å². The summed E-state index contributed by atoms with van der Waals surface area (Å²) >= 11 is 2.36. The van der Waals surface area contributed by atoms with Crippen molar-refractivity contribution in [2.75, 3.05) is 24.6 Å². The Bertz CT molecular complexity index is 446. The predicted molar refractivity (Wildman–Crippen MR) is 98.1 cm³/mol. The molecule has 120 valence electrons. The number of hydrogen-bond donors (Lipinski definition) is 1. The Kier molecular flexibility index (Phi) is 7.44. The van der Waals surface area contributed by atoms with Crippen molar-refractivity contribution in [2.24, 2.45) is 0 Å². The second-order valence-corrected chi connectivity index (χ2v) is 7.34. The highest BCUT2D eigenvalue weighted by atomic mass is 127. The third-order valence-electron chi connectivity index (χ3n) is 3.53. The zero-order valence-electron chi connectivity index (χ0n) is 13.8. The van der Waals surface area contributed by atoms with Gasteiger partial charge in [-0.3, -0.25) is 0 Å². The Labute approximate surface area is 142 Å². The fourth-order valence-corrected chi connectivity index (χ4v) is 2.83. The van der Waals surface area contributed by atoms with Gasteiger partial charge in [0, 0.05) is 28.8 Å². The molecule has 0 heterocycles. The van der Waals surface area contributed by atoms with Crippen LogP contribution in [0.25, 0.3) is 0 Å². The molecule has 1 aromatic carbocycles. The summed E-state index contributed by atoms with van der Waals surface area (Å²) in [5.41, 5.74) is 2.27. The molecule has 0 aliphatic heterocycles. The van der Waals surface area contributed by atoms with Crippen molar-refractivity contribution in [3.05, 3.63) is 27.3 Å². The van der Waals surface area contributed by atoms with Crippen molar-refractivity contribution >= 4 is 28.3 Å². The van der Waals surface area contributed by atoms with Crippen LogP contribution in [0.2, 0.25) is 0 Å². The summed E-state index contributed by atoms with van der Waals surface area (Å²) < 4.78 is 7.24. The van der Waals surface area contributed by atoms with Crippen LogP contribution < -0.4 is 4.90 Å². The van der Waals surface area contributed by atoms with Crippen molar-refractivity contribution in [2.45, 2.75) is 52.7 Å². The summed E-state index contributed by atoms with van der Waals surface area (Å²) in [5, 5.41) is 9.49. The average Bonchev–Trinajstić information content (AvgIpc) is 2.36. The number of ether oxygens (including phenoxy) is 1. The molecule has 1 aromatic rings. The number of hydrogen-bond acceptors (Lipinski definition) is 3. The minimum atomic E-state index is -0.332. The zero-order valence-corrected chi connectivity index (χ0v) is 16.0. The topological polar surface area (TPSA) is 32.7 Å². The van der Waals surface area contributed by atoms with Gasteiger partial charge < -0.3 is 14.7 Å². The molecule has 1 N–H and O–H groups in total. The molecule has 0 aromatic heterocycles. The van der Waals surface area contributed by atoms with Crippen LogP contribution in [0.3, 0.4) is 0 Å². The molecule has 4 heteroatoms. The Morgan fingerprint density at radius 1 is 1.38 bits per heavy atom. The molecule has 0 spiro atoms. The van der Waals surface area contributed by atoms with Gasteiger partial charge in [0.15, 0.2) is 0 Å². The fourth-order valence-electron chi connectivity index (χ4n) is 2.50. The number of benzene rings is 1. The highest BCUT2D eigenvalue weighted by Gasteiger charge is 2.21. The van der Waals surface area contributed by atoms with Crippen molar-refractivity contribution in [1.82, 2.24) is 0 Å².